The van der Waals surface area contributed by atoms with Gasteiger partial charge in [0, 0.05) is 23.2 Å². The minimum absolute atomic E-state index is 0.0342. The first-order chi connectivity index (χ1) is 18.5. The van der Waals surface area contributed by atoms with Gasteiger partial charge in [-0.25, -0.2) is 25.2 Å². The summed E-state index contributed by atoms with van der Waals surface area (Å²) < 4.78 is 5.03. The van der Waals surface area contributed by atoms with Crippen LogP contribution in [0.5, 0.6) is 0 Å². The van der Waals surface area contributed by atoms with E-state index < -0.39 is 12.0 Å². The molecule has 0 fully saturated rings. The molecule has 0 aliphatic carbocycles. The lowest BCUT2D eigenvalue weighted by Gasteiger charge is -2.10. The molecule has 3 heterocycles. The summed E-state index contributed by atoms with van der Waals surface area (Å²) in [7, 11) is 3.01. The van der Waals surface area contributed by atoms with Gasteiger partial charge < -0.3 is 21.5 Å². The molecule has 4 aromatic rings. The molecule has 0 radical (unpaired) electrons. The van der Waals surface area contributed by atoms with Crippen molar-refractivity contribution in [3.05, 3.63) is 66.1 Å². The van der Waals surface area contributed by atoms with Crippen molar-refractivity contribution in [1.29, 1.82) is 0 Å². The van der Waals surface area contributed by atoms with Crippen molar-refractivity contribution in [1.82, 2.24) is 41.3 Å². The molecule has 0 aliphatic heterocycles. The topological polar surface area (TPSA) is 208 Å². The molecule has 14 nitrogen and oxygen atoms in total. The number of nitrogen functional groups attached to an aromatic ring is 2. The first-order valence-corrected chi connectivity index (χ1v) is 13.4. The van der Waals surface area contributed by atoms with E-state index in [1.807, 2.05) is 18.2 Å². The Bertz CT molecular complexity index is 1390. The largest absolute Gasteiger partial charge is 0.448 e. The maximum Gasteiger partial charge on any atom is 0.423 e. The van der Waals surface area contributed by atoms with Gasteiger partial charge in [-0.05, 0) is 47.2 Å². The van der Waals surface area contributed by atoms with Crippen LogP contribution in [0.1, 0.15) is 16.1 Å². The fourth-order valence-electron chi connectivity index (χ4n) is 2.91. The van der Waals surface area contributed by atoms with E-state index in [1.165, 1.54) is 21.6 Å². The molecule has 0 atom stereocenters. The van der Waals surface area contributed by atoms with Crippen LogP contribution in [0.25, 0.3) is 11.2 Å². The minimum Gasteiger partial charge on any atom is -0.448 e. The Balaban J connectivity index is 1.14. The van der Waals surface area contributed by atoms with Crippen molar-refractivity contribution < 1.29 is 14.3 Å². The van der Waals surface area contributed by atoms with Crippen LogP contribution in [-0.4, -0.2) is 49.3 Å². The van der Waals surface area contributed by atoms with Crippen LogP contribution < -0.4 is 33.2 Å². The monoisotopic (exact) mass is 553 g/mol. The van der Waals surface area contributed by atoms with Gasteiger partial charge in [-0.1, -0.05) is 16.9 Å². The van der Waals surface area contributed by atoms with Crippen LogP contribution in [0, 0.1) is 0 Å². The Morgan fingerprint density at radius 3 is 2.61 bits per heavy atom. The van der Waals surface area contributed by atoms with Crippen LogP contribution >= 0.6 is 21.6 Å². The van der Waals surface area contributed by atoms with E-state index in [-0.39, 0.29) is 18.4 Å². The van der Waals surface area contributed by atoms with Gasteiger partial charge >= 0.3 is 6.09 Å². The number of rotatable bonds is 11. The second-order valence-electron chi connectivity index (χ2n) is 7.34. The Kier molecular flexibility index (Phi) is 9.27. The molecule has 4 rings (SSSR count). The number of carbonyl (C=O) groups is 2. The predicted octanol–water partition coefficient (Wildman–Crippen LogP) is 1.91. The summed E-state index contributed by atoms with van der Waals surface area (Å²) >= 11 is 0. The average molecular weight is 554 g/mol. The van der Waals surface area contributed by atoms with Gasteiger partial charge in [-0.2, -0.15) is 9.97 Å². The van der Waals surface area contributed by atoms with E-state index in [9.17, 15) is 9.59 Å². The van der Waals surface area contributed by atoms with Crippen LogP contribution in [0.4, 0.5) is 22.2 Å². The van der Waals surface area contributed by atoms with Gasteiger partial charge in [-0.3, -0.25) is 10.2 Å². The second kappa shape index (κ2) is 13.2. The summed E-state index contributed by atoms with van der Waals surface area (Å²) in [4.78, 5) is 44.7. The molecule has 8 N–H and O–H groups in total. The molecule has 1 aromatic carbocycles. The van der Waals surface area contributed by atoms with Crippen molar-refractivity contribution in [3.8, 4) is 0 Å². The summed E-state index contributed by atoms with van der Waals surface area (Å²) in [5, 5.41) is 4.06. The highest BCUT2D eigenvalue weighted by molar-refractivity contribution is 8.76. The zero-order valence-electron chi connectivity index (χ0n) is 19.7. The number of aromatic nitrogens is 5. The number of hydrogen-bond acceptors (Lipinski definition) is 14. The fourth-order valence-corrected chi connectivity index (χ4v) is 4.62. The molecule has 38 heavy (non-hydrogen) atoms. The zero-order valence-corrected chi connectivity index (χ0v) is 21.4. The number of nitrogens with zero attached hydrogens (tertiary/aromatic N) is 5. The number of ether oxygens (including phenoxy) is 1. The molecular weight excluding hydrogens is 530 g/mol. The Morgan fingerprint density at radius 2 is 1.82 bits per heavy atom. The first kappa shape index (κ1) is 26.6. The van der Waals surface area contributed by atoms with Crippen LogP contribution in [-0.2, 0) is 11.3 Å². The van der Waals surface area contributed by atoms with Gasteiger partial charge in [0.15, 0.2) is 17.0 Å². The lowest BCUT2D eigenvalue weighted by molar-refractivity contribution is 0.0917. The second-order valence-corrected chi connectivity index (χ2v) is 9.78. The standard InChI is InChI=1S/C22H23N11O3S2/c23-18-17-19(30-21(24)29-18)27-12-15(28-17)11-26-14-6-4-13(5-7-14)20(34)31-33-32-22(35)36-9-10-37-38-16-3-1-2-8-25-16/h1-8,12,26,33H,9-11H2,(H,31,34)(H,32,35)(H4,23,24,27,29,30). The number of nitrogens with one attached hydrogen (secondary N) is 4. The van der Waals surface area contributed by atoms with Crippen LogP contribution in [0.15, 0.2) is 59.9 Å². The average Bonchev–Trinajstić information content (AvgIpc) is 2.92. The normalized spacial score (nSPS) is 10.6. The maximum atomic E-state index is 12.3. The van der Waals surface area contributed by atoms with Gasteiger partial charge in [0.05, 0.1) is 18.4 Å². The van der Waals surface area contributed by atoms with Crippen molar-refractivity contribution in [2.75, 3.05) is 29.1 Å². The van der Waals surface area contributed by atoms with Crippen LogP contribution in [0.2, 0.25) is 0 Å². The van der Waals surface area contributed by atoms with Crippen molar-refractivity contribution in [2.24, 2.45) is 0 Å². The van der Waals surface area contributed by atoms with Crippen molar-refractivity contribution in [2.45, 2.75) is 11.6 Å². The van der Waals surface area contributed by atoms with Gasteiger partial charge in [-0.15, -0.1) is 5.53 Å². The summed E-state index contributed by atoms with van der Waals surface area (Å²) in [6.45, 7) is 0.549. The molecule has 0 saturated heterocycles. The molecule has 3 aromatic heterocycles. The first-order valence-electron chi connectivity index (χ1n) is 11.0. The Labute approximate surface area is 224 Å². The number of hydrazine groups is 2. The number of benzene rings is 1. The number of nitrogens with two attached hydrogens (primary N) is 2. The predicted molar refractivity (Wildman–Crippen MR) is 145 cm³/mol. The van der Waals surface area contributed by atoms with E-state index in [0.717, 1.165) is 10.7 Å². The molecule has 0 bridgehead atoms. The van der Waals surface area contributed by atoms with Gasteiger partial charge in [0.2, 0.25) is 5.95 Å². The van der Waals surface area contributed by atoms with Crippen molar-refractivity contribution in [3.63, 3.8) is 0 Å². The SMILES string of the molecule is Nc1nc(N)c2nc(CNc3ccc(C(=O)NNNC(=O)OCCSSc4ccccn4)cc3)cnc2n1. The van der Waals surface area contributed by atoms with Crippen LogP contribution in [0.3, 0.4) is 0 Å². The zero-order chi connectivity index (χ0) is 26.7. The number of amides is 2. The smallest absolute Gasteiger partial charge is 0.423 e. The highest BCUT2D eigenvalue weighted by Crippen LogP contribution is 2.28. The third kappa shape index (κ3) is 7.79. The molecule has 196 valence electrons. The number of pyridine rings is 1. The number of hydrogen-bond donors (Lipinski definition) is 6. The number of carbonyl (C=O) groups excluding carboxylic acids is 2. The quantitative estimate of drug-likeness (QED) is 0.0891. The fraction of sp³-hybridized carbons (Fsp3) is 0.136. The van der Waals surface area contributed by atoms with E-state index >= 15 is 0 Å². The molecule has 2 amide bonds. The van der Waals surface area contributed by atoms with Gasteiger partial charge in [0.1, 0.15) is 11.6 Å². The van der Waals surface area contributed by atoms with E-state index in [0.29, 0.717) is 34.7 Å². The molecular formula is C22H23N11O3S2. The Morgan fingerprint density at radius 1 is 0.974 bits per heavy atom. The third-order valence-electron chi connectivity index (χ3n) is 4.64. The van der Waals surface area contributed by atoms with Crippen molar-refractivity contribution >= 4 is 62.2 Å². The summed E-state index contributed by atoms with van der Waals surface area (Å²) in [5.41, 5.74) is 20.8. The van der Waals surface area contributed by atoms with E-state index in [2.05, 4.69) is 46.6 Å². The Hall–Kier alpha value is -4.41. The summed E-state index contributed by atoms with van der Waals surface area (Å²) in [6, 6.07) is 12.3. The maximum absolute atomic E-state index is 12.3. The molecule has 0 aliphatic rings. The number of anilines is 3. The van der Waals surface area contributed by atoms with E-state index in [4.69, 9.17) is 16.2 Å². The number of fused-ring (bicyclic) bond motifs is 1. The lowest BCUT2D eigenvalue weighted by Crippen LogP contribution is -2.49. The third-order valence-corrected chi connectivity index (χ3v) is 6.87. The van der Waals surface area contributed by atoms with E-state index in [1.54, 1.807) is 36.7 Å². The lowest BCUT2D eigenvalue weighted by atomic mass is 10.2. The van der Waals surface area contributed by atoms with Gasteiger partial charge in [0.25, 0.3) is 5.91 Å². The molecule has 0 saturated carbocycles. The highest BCUT2D eigenvalue weighted by atomic mass is 33.1. The summed E-state index contributed by atoms with van der Waals surface area (Å²) in [6.07, 6.45) is 2.56. The molecule has 0 unspecified atom stereocenters. The highest BCUT2D eigenvalue weighted by Gasteiger charge is 2.09. The summed E-state index contributed by atoms with van der Waals surface area (Å²) in [5.74, 6) is 0.316. The molecule has 0 spiro atoms. The minimum atomic E-state index is -0.720. The molecule has 16 heteroatoms.